The Morgan fingerprint density at radius 1 is 1.20 bits per heavy atom. The molecule has 2 aliphatic heterocycles. The Labute approximate surface area is 248 Å². The van der Waals surface area contributed by atoms with Crippen molar-refractivity contribution >= 4 is 45.2 Å². The lowest BCUT2D eigenvalue weighted by atomic mass is 10.2. The molecule has 10 nitrogen and oxygen atoms in total. The van der Waals surface area contributed by atoms with E-state index in [1.807, 2.05) is 11.4 Å². The van der Waals surface area contributed by atoms with E-state index in [1.165, 1.54) is 12.8 Å². The van der Waals surface area contributed by atoms with Gasteiger partial charge in [-0.15, -0.1) is 11.3 Å². The SMILES string of the molecule is C[C@@H]1CCCN1Cc1sc(NC(O)c2cnc(N3CCN(CCCOCO)C[C@H]3C)cn2)nc1-c1cc(Cl)cs1. The maximum atomic E-state index is 11.0. The molecule has 0 aromatic carbocycles. The first-order valence-electron chi connectivity index (χ1n) is 13.8. The molecule has 218 valence electrons. The summed E-state index contributed by atoms with van der Waals surface area (Å²) in [6, 6.07) is 2.79. The lowest BCUT2D eigenvalue weighted by Crippen LogP contribution is -2.52. The van der Waals surface area contributed by atoms with Gasteiger partial charge in [0.15, 0.2) is 11.4 Å². The van der Waals surface area contributed by atoms with E-state index in [-0.39, 0.29) is 12.8 Å². The second-order valence-corrected chi connectivity index (χ2v) is 12.9. The van der Waals surface area contributed by atoms with Gasteiger partial charge in [-0.25, -0.2) is 9.97 Å². The van der Waals surface area contributed by atoms with Crippen LogP contribution in [0.5, 0.6) is 0 Å². The number of anilines is 2. The molecule has 5 heterocycles. The van der Waals surface area contributed by atoms with Crippen molar-refractivity contribution in [2.45, 2.75) is 58.0 Å². The minimum atomic E-state index is -1.03. The third-order valence-electron chi connectivity index (χ3n) is 7.59. The Bertz CT molecular complexity index is 1230. The molecule has 40 heavy (non-hydrogen) atoms. The first kappa shape index (κ1) is 29.6. The largest absolute Gasteiger partial charge is 0.371 e. The van der Waals surface area contributed by atoms with Gasteiger partial charge >= 0.3 is 0 Å². The third-order valence-corrected chi connectivity index (χ3v) is 9.85. The second kappa shape index (κ2) is 13.8. The maximum absolute atomic E-state index is 11.0. The van der Waals surface area contributed by atoms with Crippen LogP contribution in [0.2, 0.25) is 5.02 Å². The number of likely N-dealkylation sites (tertiary alicyclic amines) is 1. The first-order valence-corrected chi connectivity index (χ1v) is 15.9. The Morgan fingerprint density at radius 2 is 2.08 bits per heavy atom. The van der Waals surface area contributed by atoms with Crippen LogP contribution >= 0.6 is 34.3 Å². The molecule has 2 fully saturated rings. The molecule has 0 radical (unpaired) electrons. The number of piperazine rings is 1. The molecule has 0 bridgehead atoms. The fraction of sp³-hybridized carbons (Fsp3) is 0.593. The normalized spacial score (nSPS) is 21.3. The molecule has 2 aliphatic rings. The van der Waals surface area contributed by atoms with E-state index in [1.54, 1.807) is 35.1 Å². The third kappa shape index (κ3) is 7.29. The molecular formula is C27H38ClN7O3S2. The Morgan fingerprint density at radius 3 is 2.75 bits per heavy atom. The van der Waals surface area contributed by atoms with Gasteiger partial charge in [-0.3, -0.25) is 14.8 Å². The van der Waals surface area contributed by atoms with E-state index in [4.69, 9.17) is 26.4 Å². The van der Waals surface area contributed by atoms with Gasteiger partial charge in [0.2, 0.25) is 0 Å². The molecule has 3 atom stereocenters. The van der Waals surface area contributed by atoms with Crippen LogP contribution in [-0.4, -0.2) is 93.2 Å². The van der Waals surface area contributed by atoms with Crippen molar-refractivity contribution < 1.29 is 14.9 Å². The van der Waals surface area contributed by atoms with Crippen LogP contribution in [-0.2, 0) is 11.3 Å². The highest BCUT2D eigenvalue weighted by molar-refractivity contribution is 7.17. The number of rotatable bonds is 12. The van der Waals surface area contributed by atoms with E-state index < -0.39 is 6.23 Å². The first-order chi connectivity index (χ1) is 19.4. The Hall–Kier alpha value is -1.90. The summed E-state index contributed by atoms with van der Waals surface area (Å²) >= 11 is 9.38. The fourth-order valence-corrected chi connectivity index (χ4v) is 7.58. The summed E-state index contributed by atoms with van der Waals surface area (Å²) in [4.78, 5) is 23.4. The molecule has 3 N–H and O–H groups in total. The number of aliphatic hydroxyl groups excluding tert-OH is 2. The summed E-state index contributed by atoms with van der Waals surface area (Å²) in [6.07, 6.45) is 5.68. The van der Waals surface area contributed by atoms with Gasteiger partial charge in [-0.05, 0) is 45.7 Å². The second-order valence-electron chi connectivity index (χ2n) is 10.5. The van der Waals surface area contributed by atoms with Gasteiger partial charge in [0.05, 0.1) is 34.6 Å². The Kier molecular flexibility index (Phi) is 10.2. The fourth-order valence-electron chi connectivity index (χ4n) is 5.41. The molecule has 3 aromatic rings. The number of aliphatic hydroxyl groups is 2. The van der Waals surface area contributed by atoms with Crippen LogP contribution in [0.3, 0.4) is 0 Å². The van der Waals surface area contributed by atoms with E-state index in [0.29, 0.717) is 28.5 Å². The quantitative estimate of drug-likeness (QED) is 0.204. The molecule has 13 heteroatoms. The molecule has 0 amide bonds. The van der Waals surface area contributed by atoms with Crippen LogP contribution in [0.1, 0.15) is 49.9 Å². The number of nitrogens with zero attached hydrogens (tertiary/aromatic N) is 6. The number of nitrogens with one attached hydrogen (secondary N) is 1. The van der Waals surface area contributed by atoms with Crippen molar-refractivity contribution in [3.8, 4) is 10.6 Å². The zero-order chi connectivity index (χ0) is 28.1. The monoisotopic (exact) mass is 607 g/mol. The van der Waals surface area contributed by atoms with E-state index >= 15 is 0 Å². The number of hydrogen-bond donors (Lipinski definition) is 3. The number of thiazole rings is 1. The highest BCUT2D eigenvalue weighted by Gasteiger charge is 2.26. The lowest BCUT2D eigenvalue weighted by Gasteiger charge is -2.40. The highest BCUT2D eigenvalue weighted by atomic mass is 35.5. The van der Waals surface area contributed by atoms with E-state index in [2.05, 4.69) is 43.8 Å². The average Bonchev–Trinajstić information content (AvgIpc) is 3.67. The zero-order valence-electron chi connectivity index (χ0n) is 23.0. The minimum Gasteiger partial charge on any atom is -0.371 e. The van der Waals surface area contributed by atoms with Crippen molar-refractivity contribution in [3.05, 3.63) is 39.4 Å². The van der Waals surface area contributed by atoms with Crippen LogP contribution in [0.4, 0.5) is 10.9 Å². The molecule has 0 saturated carbocycles. The zero-order valence-corrected chi connectivity index (χ0v) is 25.4. The minimum absolute atomic E-state index is 0.225. The van der Waals surface area contributed by atoms with Gasteiger partial charge < -0.3 is 25.2 Å². The standard InChI is InChI=1S/C27H38ClN7O3S2/c1-18-5-3-7-34(18)15-23-25(22-11-20(28)16-39-22)31-27(40-23)32-26(37)21-12-30-24(13-29-21)35-9-8-33(14-19(35)2)6-4-10-38-17-36/h11-13,16,18-19,26,36-37H,3-10,14-15,17H2,1-2H3,(H,31,32)/t18-,19-,26?/m1/s1. The molecule has 0 spiro atoms. The predicted molar refractivity (Wildman–Crippen MR) is 161 cm³/mol. The number of hydrogen-bond acceptors (Lipinski definition) is 12. The van der Waals surface area contributed by atoms with Gasteiger partial charge in [-0.2, -0.15) is 0 Å². The predicted octanol–water partition coefficient (Wildman–Crippen LogP) is 4.27. The summed E-state index contributed by atoms with van der Waals surface area (Å²) in [5, 5.41) is 26.1. The number of aromatic nitrogens is 3. The molecule has 3 aromatic heterocycles. The van der Waals surface area contributed by atoms with Gasteiger partial charge in [-0.1, -0.05) is 22.9 Å². The van der Waals surface area contributed by atoms with Gasteiger partial charge in [0.1, 0.15) is 18.3 Å². The van der Waals surface area contributed by atoms with Crippen molar-refractivity contribution in [2.75, 3.05) is 56.3 Å². The maximum Gasteiger partial charge on any atom is 0.185 e. The highest BCUT2D eigenvalue weighted by Crippen LogP contribution is 2.38. The summed E-state index contributed by atoms with van der Waals surface area (Å²) in [6.45, 7) is 10.4. The number of thiophene rings is 1. The van der Waals surface area contributed by atoms with E-state index in [0.717, 1.165) is 67.0 Å². The number of ether oxygens (including phenoxy) is 1. The molecule has 5 rings (SSSR count). The molecular weight excluding hydrogens is 570 g/mol. The van der Waals surface area contributed by atoms with Crippen molar-refractivity contribution in [2.24, 2.45) is 0 Å². The summed E-state index contributed by atoms with van der Waals surface area (Å²) in [5.74, 6) is 0.805. The summed E-state index contributed by atoms with van der Waals surface area (Å²) < 4.78 is 5.03. The molecule has 2 saturated heterocycles. The molecule has 0 aliphatic carbocycles. The van der Waals surface area contributed by atoms with Gasteiger partial charge in [0, 0.05) is 55.1 Å². The lowest BCUT2D eigenvalue weighted by molar-refractivity contribution is -0.00502. The van der Waals surface area contributed by atoms with Gasteiger partial charge in [0.25, 0.3) is 0 Å². The summed E-state index contributed by atoms with van der Waals surface area (Å²) in [5.41, 5.74) is 1.37. The van der Waals surface area contributed by atoms with Crippen molar-refractivity contribution in [1.82, 2.24) is 24.8 Å². The summed E-state index contributed by atoms with van der Waals surface area (Å²) in [7, 11) is 0. The van der Waals surface area contributed by atoms with Crippen LogP contribution in [0.15, 0.2) is 23.8 Å². The van der Waals surface area contributed by atoms with Crippen LogP contribution in [0.25, 0.3) is 10.6 Å². The number of halogens is 1. The van der Waals surface area contributed by atoms with Crippen LogP contribution < -0.4 is 10.2 Å². The topological polar surface area (TPSA) is 110 Å². The average molecular weight is 608 g/mol. The smallest absolute Gasteiger partial charge is 0.185 e. The van der Waals surface area contributed by atoms with Crippen LogP contribution in [0, 0.1) is 0 Å². The Balaban J connectivity index is 1.22. The van der Waals surface area contributed by atoms with E-state index in [9.17, 15) is 5.11 Å². The molecule has 1 unspecified atom stereocenters. The van der Waals surface area contributed by atoms with Crippen molar-refractivity contribution in [3.63, 3.8) is 0 Å². The van der Waals surface area contributed by atoms with Crippen molar-refractivity contribution in [1.29, 1.82) is 0 Å².